The van der Waals surface area contributed by atoms with Crippen molar-refractivity contribution in [3.63, 3.8) is 0 Å². The molecular weight excluding hydrogens is 1080 g/mol. The summed E-state index contributed by atoms with van der Waals surface area (Å²) in [6, 6.07) is 24.4. The molecule has 7 rings (SSSR count). The zero-order valence-electron chi connectivity index (χ0n) is 44.4. The molecule has 77 heavy (non-hydrogen) atoms. The molecule has 2 saturated carbocycles. The number of aliphatic hydroxyl groups is 1. The maximum atomic E-state index is 16.5. The summed E-state index contributed by atoms with van der Waals surface area (Å²) < 4.78 is 48.0. The average Bonchev–Trinajstić information content (AvgIpc) is 3.42. The Hall–Kier alpha value is -5.34. The van der Waals surface area contributed by atoms with Gasteiger partial charge in [-0.25, -0.2) is 14.4 Å². The van der Waals surface area contributed by atoms with E-state index < -0.39 is 137 Å². The standard InChI is InChI=1S/C56H66Cl3NO16Si/c1-10-77(11-2,12-3)76-39-28-40-54(30-69-40,75-34(6)62)45-47(74-49(65)37-26-20-15-21-27-37)55(68)29-38(32(4)41(52(55,7)8)43(71-33(5)61)46(63)53(39,45)9)72-50(66)44(73-51(67)70-31-56(57,58)59)42(35-22-16-13-17-23-35)60-48(64)36-24-18-14-19-25-36/h13-27,38-40,42-45,47,68H,10-12,28-31H2,1-9H3,(H,60,64)/t38-,39-,40+,42-,43+,44+,45-,47-,53+,54-,55+/m0/s1. The summed E-state index contributed by atoms with van der Waals surface area (Å²) in [6.07, 6.45) is -11.5. The summed E-state index contributed by atoms with van der Waals surface area (Å²) in [7, 11) is -2.70. The lowest BCUT2D eigenvalue weighted by molar-refractivity contribution is -0.344. The van der Waals surface area contributed by atoms with Gasteiger partial charge >= 0.3 is 30.0 Å². The number of nitrogens with one attached hydrogen (secondary N) is 1. The van der Waals surface area contributed by atoms with Gasteiger partial charge in [-0.3, -0.25) is 19.2 Å². The molecule has 0 radical (unpaired) electrons. The van der Waals surface area contributed by atoms with Crippen molar-refractivity contribution in [3.05, 3.63) is 119 Å². The first kappa shape index (κ1) is 59.3. The van der Waals surface area contributed by atoms with Crippen LogP contribution in [0, 0.1) is 16.7 Å². The number of fused-ring (bicyclic) bond motifs is 5. The summed E-state index contributed by atoms with van der Waals surface area (Å²) in [5.74, 6) is -6.81. The summed E-state index contributed by atoms with van der Waals surface area (Å²) >= 11 is 17.7. The SMILES string of the molecule is CC[Si](CC)(CC)O[C@H]1C[C@H]2OC[C@@]2(OC(C)=O)[C@H]2[C@H](OC(=O)c3ccccc3)[C@]3(O)C[C@H](OC(=O)[C@H](OC(=O)OCC(Cl)(Cl)Cl)[C@@H](NC(=O)c4ccccc4)c4ccccc4)C(C)=C([C@@H](OC(C)=O)C(=O)[C@]12C)C3(C)C. The lowest BCUT2D eigenvalue weighted by Gasteiger charge is -2.68. The Morgan fingerprint density at radius 2 is 1.39 bits per heavy atom. The molecule has 416 valence electrons. The van der Waals surface area contributed by atoms with E-state index in [1.807, 2.05) is 20.8 Å². The first-order valence-corrected chi connectivity index (χ1v) is 29.3. The van der Waals surface area contributed by atoms with E-state index in [4.69, 9.17) is 72.4 Å². The van der Waals surface area contributed by atoms with Gasteiger partial charge in [-0.1, -0.05) is 136 Å². The number of carbonyl (C=O) groups is 7. The Balaban J connectivity index is 1.47. The smallest absolute Gasteiger partial charge is 0.455 e. The normalized spacial score (nSPS) is 28.3. The van der Waals surface area contributed by atoms with Gasteiger partial charge in [-0.2, -0.15) is 0 Å². The van der Waals surface area contributed by atoms with Crippen LogP contribution in [0.4, 0.5) is 4.79 Å². The fourth-order valence-electron chi connectivity index (χ4n) is 12.0. The van der Waals surface area contributed by atoms with E-state index in [1.165, 1.54) is 38.1 Å². The molecule has 1 saturated heterocycles. The van der Waals surface area contributed by atoms with Gasteiger partial charge in [0.15, 0.2) is 25.8 Å². The van der Waals surface area contributed by atoms with E-state index >= 15 is 9.59 Å². The largest absolute Gasteiger partial charge is 0.509 e. The first-order chi connectivity index (χ1) is 36.2. The predicted molar refractivity (Wildman–Crippen MR) is 284 cm³/mol. The van der Waals surface area contributed by atoms with Crippen molar-refractivity contribution in [3.8, 4) is 0 Å². The van der Waals surface area contributed by atoms with E-state index in [1.54, 1.807) is 87.5 Å². The number of Topliss-reactive ketones (excluding diaryl/α,β-unsaturated/α-hetero) is 1. The molecule has 21 heteroatoms. The highest BCUT2D eigenvalue weighted by molar-refractivity contribution is 6.73. The Kier molecular flexibility index (Phi) is 17.8. The number of ketones is 1. The zero-order valence-corrected chi connectivity index (χ0v) is 47.7. The predicted octanol–water partition coefficient (Wildman–Crippen LogP) is 9.30. The molecule has 3 fully saturated rings. The quantitative estimate of drug-likeness (QED) is 0.0422. The monoisotopic (exact) mass is 1140 g/mol. The summed E-state index contributed by atoms with van der Waals surface area (Å²) in [4.78, 5) is 101. The number of amides is 1. The molecule has 1 aliphatic heterocycles. The van der Waals surface area contributed by atoms with E-state index in [9.17, 15) is 29.1 Å². The van der Waals surface area contributed by atoms with Crippen molar-refractivity contribution < 1.29 is 76.3 Å². The summed E-state index contributed by atoms with van der Waals surface area (Å²) in [5.41, 5.74) is -7.25. The highest BCUT2D eigenvalue weighted by Gasteiger charge is 2.79. The van der Waals surface area contributed by atoms with Crippen LogP contribution in [-0.4, -0.2) is 120 Å². The number of ether oxygens (including phenoxy) is 7. The van der Waals surface area contributed by atoms with Crippen molar-refractivity contribution in [1.29, 1.82) is 0 Å². The Morgan fingerprint density at radius 3 is 1.91 bits per heavy atom. The molecule has 0 spiro atoms. The molecule has 3 aliphatic carbocycles. The van der Waals surface area contributed by atoms with Crippen LogP contribution in [0.15, 0.2) is 102 Å². The van der Waals surface area contributed by atoms with Crippen LogP contribution in [0.25, 0.3) is 0 Å². The van der Waals surface area contributed by atoms with Crippen LogP contribution >= 0.6 is 34.8 Å². The topological polar surface area (TPSA) is 226 Å². The minimum absolute atomic E-state index is 0.00141. The zero-order chi connectivity index (χ0) is 56.5. The van der Waals surface area contributed by atoms with E-state index in [0.29, 0.717) is 18.1 Å². The van der Waals surface area contributed by atoms with Gasteiger partial charge in [-0.15, -0.1) is 0 Å². The Labute approximate surface area is 463 Å². The number of alkyl halides is 3. The van der Waals surface area contributed by atoms with Crippen LogP contribution < -0.4 is 5.32 Å². The van der Waals surface area contributed by atoms with Crippen LogP contribution in [0.5, 0.6) is 0 Å². The van der Waals surface area contributed by atoms with Gasteiger partial charge in [0.1, 0.15) is 36.6 Å². The Bertz CT molecular complexity index is 2730. The van der Waals surface area contributed by atoms with Gasteiger partial charge in [0.2, 0.25) is 9.90 Å². The third-order valence-corrected chi connectivity index (χ3v) is 21.3. The lowest BCUT2D eigenvalue weighted by Crippen LogP contribution is -2.82. The third-order valence-electron chi connectivity index (χ3n) is 16.3. The maximum absolute atomic E-state index is 16.5. The number of halogens is 3. The molecule has 2 N–H and O–H groups in total. The summed E-state index contributed by atoms with van der Waals surface area (Å²) in [6.45, 7) is 13.6. The van der Waals surface area contributed by atoms with Crippen LogP contribution in [0.3, 0.4) is 0 Å². The van der Waals surface area contributed by atoms with Crippen molar-refractivity contribution in [2.24, 2.45) is 16.7 Å². The minimum atomic E-state index is -2.70. The second-order valence-electron chi connectivity index (χ2n) is 20.9. The van der Waals surface area contributed by atoms with Crippen LogP contribution in [0.1, 0.15) is 107 Å². The number of carbonyl (C=O) groups excluding carboxylic acids is 7. The number of hydrogen-bond donors (Lipinski definition) is 2. The molecule has 2 bridgehead atoms. The fraction of sp³-hybridized carbons (Fsp3) is 0.518. The summed E-state index contributed by atoms with van der Waals surface area (Å²) in [5, 5.41) is 17.1. The van der Waals surface area contributed by atoms with Crippen LogP contribution in [-0.2, 0) is 56.8 Å². The maximum Gasteiger partial charge on any atom is 0.509 e. The molecule has 17 nitrogen and oxygen atoms in total. The number of esters is 4. The second kappa shape index (κ2) is 23.2. The molecule has 1 amide bonds. The van der Waals surface area contributed by atoms with Crippen molar-refractivity contribution in [1.82, 2.24) is 5.32 Å². The molecule has 11 atom stereocenters. The van der Waals surface area contributed by atoms with Gasteiger partial charge in [0.05, 0.1) is 29.6 Å². The van der Waals surface area contributed by atoms with Crippen molar-refractivity contribution >= 4 is 84.8 Å². The van der Waals surface area contributed by atoms with Crippen molar-refractivity contribution in [2.75, 3.05) is 13.2 Å². The molecule has 4 aliphatic rings. The number of rotatable bonds is 17. The van der Waals surface area contributed by atoms with Gasteiger partial charge < -0.3 is 48.0 Å². The second-order valence-corrected chi connectivity index (χ2v) is 28.2. The van der Waals surface area contributed by atoms with Gasteiger partial charge in [0, 0.05) is 37.7 Å². The average molecular weight is 1140 g/mol. The lowest BCUT2D eigenvalue weighted by atomic mass is 9.44. The first-order valence-electron chi connectivity index (χ1n) is 25.6. The van der Waals surface area contributed by atoms with E-state index in [0.717, 1.165) is 6.92 Å². The van der Waals surface area contributed by atoms with Crippen molar-refractivity contribution in [2.45, 2.75) is 151 Å². The van der Waals surface area contributed by atoms with E-state index in [-0.39, 0.29) is 40.9 Å². The molecule has 1 heterocycles. The van der Waals surface area contributed by atoms with E-state index in [2.05, 4.69) is 5.32 Å². The fourth-order valence-corrected chi connectivity index (χ4v) is 15.1. The molecule has 3 aromatic carbocycles. The molecular formula is C56H66Cl3NO16Si. The minimum Gasteiger partial charge on any atom is -0.455 e. The molecule has 3 aromatic rings. The Morgan fingerprint density at radius 1 is 0.818 bits per heavy atom. The molecule has 0 aromatic heterocycles. The molecule has 0 unspecified atom stereocenters. The number of hydrogen-bond acceptors (Lipinski definition) is 16. The van der Waals surface area contributed by atoms with Gasteiger partial charge in [-0.05, 0) is 73.0 Å². The third kappa shape index (κ3) is 11.6. The highest BCUT2D eigenvalue weighted by atomic mass is 35.6. The van der Waals surface area contributed by atoms with Gasteiger partial charge in [0.25, 0.3) is 5.91 Å². The number of benzene rings is 3. The highest BCUT2D eigenvalue weighted by Crippen LogP contribution is 2.65. The van der Waals surface area contributed by atoms with Crippen LogP contribution in [0.2, 0.25) is 18.1 Å².